The van der Waals surface area contributed by atoms with Crippen molar-refractivity contribution in [1.82, 2.24) is 10.6 Å². The second-order valence-corrected chi connectivity index (χ2v) is 4.08. The van der Waals surface area contributed by atoms with Crippen LogP contribution in [0.3, 0.4) is 0 Å². The monoisotopic (exact) mass is 250 g/mol. The zero-order chi connectivity index (χ0) is 13.5. The first-order valence-electron chi connectivity index (χ1n) is 5.78. The minimum Gasteiger partial charge on any atom is -0.394 e. The van der Waals surface area contributed by atoms with Gasteiger partial charge in [-0.3, -0.25) is 9.59 Å². The van der Waals surface area contributed by atoms with Gasteiger partial charge in [0.25, 0.3) is 0 Å². The summed E-state index contributed by atoms with van der Waals surface area (Å²) in [7, 11) is 0. The number of aliphatic hydroxyl groups is 1. The van der Waals surface area contributed by atoms with Crippen molar-refractivity contribution in [2.75, 3.05) is 6.61 Å². The molecule has 0 bridgehead atoms. The predicted octanol–water partition coefficient (Wildman–Crippen LogP) is 0.361. The lowest BCUT2D eigenvalue weighted by Gasteiger charge is -2.19. The highest BCUT2D eigenvalue weighted by molar-refractivity contribution is 5.86. The van der Waals surface area contributed by atoms with Gasteiger partial charge in [-0.05, 0) is 12.5 Å². The first kappa shape index (κ1) is 14.2. The van der Waals surface area contributed by atoms with E-state index >= 15 is 0 Å². The van der Waals surface area contributed by atoms with Crippen molar-refractivity contribution in [2.45, 2.75) is 25.9 Å². The van der Waals surface area contributed by atoms with E-state index in [4.69, 9.17) is 0 Å². The van der Waals surface area contributed by atoms with Gasteiger partial charge in [-0.15, -0.1) is 0 Å². The van der Waals surface area contributed by atoms with Crippen LogP contribution in [0.4, 0.5) is 0 Å². The largest absolute Gasteiger partial charge is 0.394 e. The summed E-state index contributed by atoms with van der Waals surface area (Å²) in [5, 5.41) is 14.5. The van der Waals surface area contributed by atoms with Crippen LogP contribution in [0.1, 0.15) is 25.5 Å². The fourth-order valence-corrected chi connectivity index (χ4v) is 1.59. The average molecular weight is 250 g/mol. The Kier molecular flexibility index (Phi) is 5.32. The summed E-state index contributed by atoms with van der Waals surface area (Å²) >= 11 is 0. The van der Waals surface area contributed by atoms with Gasteiger partial charge >= 0.3 is 0 Å². The van der Waals surface area contributed by atoms with Crippen LogP contribution >= 0.6 is 0 Å². The second-order valence-electron chi connectivity index (χ2n) is 4.08. The van der Waals surface area contributed by atoms with E-state index in [2.05, 4.69) is 10.6 Å². The molecule has 0 aliphatic carbocycles. The normalized spacial score (nSPS) is 13.5. The molecule has 2 amide bonds. The number of aliphatic hydroxyl groups excluding tert-OH is 1. The van der Waals surface area contributed by atoms with Crippen molar-refractivity contribution >= 4 is 11.8 Å². The molecule has 0 heterocycles. The van der Waals surface area contributed by atoms with Crippen LogP contribution in [0.2, 0.25) is 0 Å². The molecular weight excluding hydrogens is 232 g/mol. The Morgan fingerprint density at radius 3 is 2.33 bits per heavy atom. The van der Waals surface area contributed by atoms with Crippen molar-refractivity contribution in [1.29, 1.82) is 0 Å². The van der Waals surface area contributed by atoms with Crippen LogP contribution in [0, 0.1) is 0 Å². The number of hydrogen-bond acceptors (Lipinski definition) is 3. The molecule has 0 saturated heterocycles. The molecule has 2 atom stereocenters. The molecule has 1 aromatic carbocycles. The number of hydrogen-bond donors (Lipinski definition) is 3. The molecule has 98 valence electrons. The van der Waals surface area contributed by atoms with E-state index in [9.17, 15) is 14.7 Å². The molecule has 3 N–H and O–H groups in total. The fourth-order valence-electron chi connectivity index (χ4n) is 1.59. The van der Waals surface area contributed by atoms with Gasteiger partial charge in [-0.25, -0.2) is 0 Å². The van der Waals surface area contributed by atoms with Gasteiger partial charge in [0.05, 0.1) is 12.6 Å². The Morgan fingerprint density at radius 1 is 1.22 bits per heavy atom. The zero-order valence-electron chi connectivity index (χ0n) is 10.5. The van der Waals surface area contributed by atoms with Crippen LogP contribution in [0.25, 0.3) is 0 Å². The standard InChI is InChI=1S/C13H18N2O3/c1-9(14-10(2)17)13(18)15-12(8-16)11-6-4-3-5-7-11/h3-7,9,12,16H,8H2,1-2H3,(H,14,17)(H,15,18)/t9?,12-/m0/s1. The minimum absolute atomic E-state index is 0.192. The van der Waals surface area contributed by atoms with Gasteiger partial charge in [0.1, 0.15) is 6.04 Å². The number of rotatable bonds is 5. The van der Waals surface area contributed by atoms with Crippen molar-refractivity contribution in [3.63, 3.8) is 0 Å². The summed E-state index contributed by atoms with van der Waals surface area (Å²) in [4.78, 5) is 22.6. The van der Waals surface area contributed by atoms with Crippen LogP contribution in [-0.2, 0) is 9.59 Å². The Balaban J connectivity index is 2.64. The molecule has 0 aromatic heterocycles. The second kappa shape index (κ2) is 6.76. The van der Waals surface area contributed by atoms with Gasteiger partial charge in [-0.2, -0.15) is 0 Å². The molecule has 18 heavy (non-hydrogen) atoms. The average Bonchev–Trinajstić information content (AvgIpc) is 2.35. The topological polar surface area (TPSA) is 78.4 Å². The fraction of sp³-hybridized carbons (Fsp3) is 0.385. The molecule has 1 rings (SSSR count). The first-order valence-corrected chi connectivity index (χ1v) is 5.78. The summed E-state index contributed by atoms with van der Waals surface area (Å²) in [6.45, 7) is 2.75. The van der Waals surface area contributed by atoms with Crippen LogP contribution < -0.4 is 10.6 Å². The maximum Gasteiger partial charge on any atom is 0.242 e. The first-order chi connectivity index (χ1) is 8.54. The van der Waals surface area contributed by atoms with E-state index in [0.717, 1.165) is 5.56 Å². The van der Waals surface area contributed by atoms with E-state index < -0.39 is 12.1 Å². The van der Waals surface area contributed by atoms with E-state index in [1.807, 2.05) is 30.3 Å². The molecular formula is C13H18N2O3. The van der Waals surface area contributed by atoms with E-state index in [0.29, 0.717) is 0 Å². The van der Waals surface area contributed by atoms with Crippen LogP contribution in [0.5, 0.6) is 0 Å². The zero-order valence-corrected chi connectivity index (χ0v) is 10.5. The minimum atomic E-state index is -0.625. The van der Waals surface area contributed by atoms with Crippen molar-refractivity contribution in [3.05, 3.63) is 35.9 Å². The smallest absolute Gasteiger partial charge is 0.242 e. The highest BCUT2D eigenvalue weighted by Gasteiger charge is 2.18. The van der Waals surface area contributed by atoms with Gasteiger partial charge in [0, 0.05) is 6.92 Å². The molecule has 0 radical (unpaired) electrons. The van der Waals surface area contributed by atoms with Gasteiger partial charge in [-0.1, -0.05) is 30.3 Å². The predicted molar refractivity (Wildman–Crippen MR) is 67.7 cm³/mol. The molecule has 0 aliphatic heterocycles. The third-order valence-electron chi connectivity index (χ3n) is 2.51. The highest BCUT2D eigenvalue weighted by Crippen LogP contribution is 2.11. The molecule has 0 saturated carbocycles. The number of benzene rings is 1. The van der Waals surface area contributed by atoms with Gasteiger partial charge in [0.2, 0.25) is 11.8 Å². The van der Waals surface area contributed by atoms with Crippen molar-refractivity contribution in [2.24, 2.45) is 0 Å². The Morgan fingerprint density at radius 2 is 1.83 bits per heavy atom. The molecule has 0 fully saturated rings. The van der Waals surface area contributed by atoms with E-state index in [1.54, 1.807) is 6.92 Å². The quantitative estimate of drug-likeness (QED) is 0.706. The number of carbonyl (C=O) groups excluding carboxylic acids is 2. The maximum atomic E-state index is 11.8. The van der Waals surface area contributed by atoms with Gasteiger partial charge < -0.3 is 15.7 Å². The SMILES string of the molecule is CC(=O)NC(C)C(=O)N[C@@H](CO)c1ccccc1. The third kappa shape index (κ3) is 4.18. The number of nitrogens with one attached hydrogen (secondary N) is 2. The highest BCUT2D eigenvalue weighted by atomic mass is 16.3. The van der Waals surface area contributed by atoms with Crippen LogP contribution in [0.15, 0.2) is 30.3 Å². The summed E-state index contributed by atoms with van der Waals surface area (Å²) < 4.78 is 0. The summed E-state index contributed by atoms with van der Waals surface area (Å²) in [5.41, 5.74) is 0.823. The summed E-state index contributed by atoms with van der Waals surface area (Å²) in [5.74, 6) is -0.592. The summed E-state index contributed by atoms with van der Waals surface area (Å²) in [6.07, 6.45) is 0. The number of amides is 2. The van der Waals surface area contributed by atoms with Crippen LogP contribution in [-0.4, -0.2) is 29.6 Å². The Bertz CT molecular complexity index is 406. The lowest BCUT2D eigenvalue weighted by atomic mass is 10.1. The van der Waals surface area contributed by atoms with E-state index in [1.165, 1.54) is 6.92 Å². The Hall–Kier alpha value is -1.88. The Labute approximate surface area is 106 Å². The van der Waals surface area contributed by atoms with Gasteiger partial charge in [0.15, 0.2) is 0 Å². The molecule has 5 nitrogen and oxygen atoms in total. The number of carbonyl (C=O) groups is 2. The van der Waals surface area contributed by atoms with Crippen molar-refractivity contribution < 1.29 is 14.7 Å². The third-order valence-corrected chi connectivity index (χ3v) is 2.51. The molecule has 1 aromatic rings. The van der Waals surface area contributed by atoms with E-state index in [-0.39, 0.29) is 18.4 Å². The summed E-state index contributed by atoms with van der Waals surface area (Å²) in [6, 6.07) is 8.09. The molecule has 5 heteroatoms. The lowest BCUT2D eigenvalue weighted by molar-refractivity contribution is -0.128. The molecule has 1 unspecified atom stereocenters. The van der Waals surface area contributed by atoms with Crippen molar-refractivity contribution in [3.8, 4) is 0 Å². The molecule has 0 aliphatic rings. The maximum absolute atomic E-state index is 11.8. The molecule has 0 spiro atoms. The lowest BCUT2D eigenvalue weighted by Crippen LogP contribution is -2.45.